The van der Waals surface area contributed by atoms with Crippen LogP contribution in [0.1, 0.15) is 41.4 Å². The second kappa shape index (κ2) is 8.07. The Kier molecular flexibility index (Phi) is 4.86. The Bertz CT molecular complexity index is 1430. The fourth-order valence-electron chi connectivity index (χ4n) is 4.42. The first kappa shape index (κ1) is 21.1. The molecule has 168 valence electrons. The number of benzene rings is 4. The number of carbonyl (C=O) groups excluding carboxylic acids is 4. The van der Waals surface area contributed by atoms with E-state index >= 15 is 0 Å². The quantitative estimate of drug-likeness (QED) is 0.367. The number of nitrogens with zero attached hydrogens (tertiary/aromatic N) is 2. The van der Waals surface area contributed by atoms with Gasteiger partial charge in [-0.15, -0.1) is 0 Å². The molecule has 2 heterocycles. The molecule has 0 N–H and O–H groups in total. The number of carbonyl (C=O) groups is 4. The van der Waals surface area contributed by atoms with Crippen molar-refractivity contribution in [1.29, 1.82) is 0 Å². The van der Waals surface area contributed by atoms with Crippen LogP contribution in [0.3, 0.4) is 0 Å². The van der Waals surface area contributed by atoms with Gasteiger partial charge in [0, 0.05) is 9.79 Å². The maximum Gasteiger partial charge on any atom is 0.267 e. The molecule has 0 spiro atoms. The standard InChI is InChI=1S/C28H16N2O4S/c31-25-19-13-7-15-21(23(19)27(33)29(25)17-9-3-1-4-10-17)35-22-16-8-14-20-24(22)28(34)30(26(20)32)18-11-5-2-6-12-18/h1-16H. The first-order chi connectivity index (χ1) is 17.1. The van der Waals surface area contributed by atoms with Crippen LogP contribution in [0, 0.1) is 0 Å². The van der Waals surface area contributed by atoms with E-state index in [-0.39, 0.29) is 0 Å². The van der Waals surface area contributed by atoms with E-state index in [1.54, 1.807) is 84.9 Å². The molecule has 2 aliphatic heterocycles. The van der Waals surface area contributed by atoms with Gasteiger partial charge < -0.3 is 0 Å². The molecule has 0 aliphatic carbocycles. The maximum absolute atomic E-state index is 13.4. The van der Waals surface area contributed by atoms with Crippen LogP contribution in [0.15, 0.2) is 107 Å². The highest BCUT2D eigenvalue weighted by Crippen LogP contribution is 2.41. The number of imide groups is 2. The van der Waals surface area contributed by atoms with Crippen molar-refractivity contribution < 1.29 is 19.2 Å². The molecule has 4 aromatic rings. The summed E-state index contributed by atoms with van der Waals surface area (Å²) in [6, 6.07) is 27.7. The first-order valence-corrected chi connectivity index (χ1v) is 11.7. The Morgan fingerprint density at radius 2 is 0.829 bits per heavy atom. The Morgan fingerprint density at radius 3 is 1.23 bits per heavy atom. The third-order valence-electron chi connectivity index (χ3n) is 6.00. The minimum atomic E-state index is -0.416. The molecule has 0 saturated carbocycles. The van der Waals surface area contributed by atoms with E-state index < -0.39 is 23.6 Å². The van der Waals surface area contributed by atoms with E-state index in [9.17, 15) is 19.2 Å². The van der Waals surface area contributed by atoms with E-state index in [1.807, 2.05) is 12.1 Å². The number of hydrogen-bond acceptors (Lipinski definition) is 5. The molecule has 0 saturated heterocycles. The lowest BCUT2D eigenvalue weighted by Crippen LogP contribution is -2.29. The first-order valence-electron chi connectivity index (χ1n) is 10.9. The summed E-state index contributed by atoms with van der Waals surface area (Å²) in [4.78, 5) is 56.3. The minimum absolute atomic E-state index is 0.292. The SMILES string of the molecule is O=C1c2cccc(Sc3cccc4c3C(=O)N(c3ccccc3)C4=O)c2C(=O)N1c1ccccc1. The van der Waals surface area contributed by atoms with E-state index in [2.05, 4.69) is 0 Å². The minimum Gasteiger partial charge on any atom is -0.268 e. The van der Waals surface area contributed by atoms with E-state index in [1.165, 1.54) is 11.8 Å². The van der Waals surface area contributed by atoms with Crippen molar-refractivity contribution in [2.24, 2.45) is 0 Å². The maximum atomic E-state index is 13.4. The van der Waals surface area contributed by atoms with Gasteiger partial charge in [-0.25, -0.2) is 9.80 Å². The summed E-state index contributed by atoms with van der Waals surface area (Å²) in [5.74, 6) is -1.61. The Labute approximate surface area is 204 Å². The zero-order valence-corrected chi connectivity index (χ0v) is 19.0. The molecular weight excluding hydrogens is 460 g/mol. The van der Waals surface area contributed by atoms with Crippen LogP contribution in [0.4, 0.5) is 11.4 Å². The average Bonchev–Trinajstić information content (AvgIpc) is 3.30. The van der Waals surface area contributed by atoms with E-state index in [0.29, 0.717) is 43.4 Å². The molecule has 6 nitrogen and oxygen atoms in total. The molecule has 0 bridgehead atoms. The number of fused-ring (bicyclic) bond motifs is 2. The molecule has 4 aromatic carbocycles. The lowest BCUT2D eigenvalue weighted by Gasteiger charge is -2.14. The molecule has 0 fully saturated rings. The summed E-state index contributed by atoms with van der Waals surface area (Å²) in [6.45, 7) is 0. The number of amides is 4. The zero-order valence-electron chi connectivity index (χ0n) is 18.2. The number of hydrogen-bond donors (Lipinski definition) is 0. The summed E-state index contributed by atoms with van der Waals surface area (Å²) < 4.78 is 0. The zero-order chi connectivity index (χ0) is 24.1. The lowest BCUT2D eigenvalue weighted by atomic mass is 10.1. The predicted molar refractivity (Wildman–Crippen MR) is 132 cm³/mol. The van der Waals surface area contributed by atoms with Crippen LogP contribution in [0.5, 0.6) is 0 Å². The van der Waals surface area contributed by atoms with Gasteiger partial charge in [-0.1, -0.05) is 60.3 Å². The van der Waals surface area contributed by atoms with E-state index in [4.69, 9.17) is 0 Å². The second-order valence-corrected chi connectivity index (χ2v) is 9.11. The van der Waals surface area contributed by atoms with Crippen molar-refractivity contribution in [3.8, 4) is 0 Å². The third-order valence-corrected chi connectivity index (χ3v) is 7.12. The topological polar surface area (TPSA) is 74.8 Å². The third kappa shape index (κ3) is 3.20. The van der Waals surface area contributed by atoms with E-state index in [0.717, 1.165) is 9.80 Å². The highest BCUT2D eigenvalue weighted by Gasteiger charge is 2.41. The van der Waals surface area contributed by atoms with Crippen LogP contribution >= 0.6 is 11.8 Å². The predicted octanol–water partition coefficient (Wildman–Crippen LogP) is 5.44. The summed E-state index contributed by atoms with van der Waals surface area (Å²) in [5, 5.41) is 0. The van der Waals surface area contributed by atoms with Gasteiger partial charge in [-0.2, -0.15) is 0 Å². The molecule has 0 unspecified atom stereocenters. The van der Waals surface area contributed by atoms with Crippen molar-refractivity contribution in [3.63, 3.8) is 0 Å². The smallest absolute Gasteiger partial charge is 0.267 e. The summed E-state index contributed by atoms with van der Waals surface area (Å²) >= 11 is 1.20. The van der Waals surface area contributed by atoms with Crippen molar-refractivity contribution >= 4 is 46.8 Å². The highest BCUT2D eigenvalue weighted by atomic mass is 32.2. The summed E-state index contributed by atoms with van der Waals surface area (Å²) in [7, 11) is 0. The van der Waals surface area contributed by atoms with Gasteiger partial charge in [0.1, 0.15) is 0 Å². The van der Waals surface area contributed by atoms with Crippen LogP contribution in [0.2, 0.25) is 0 Å². The van der Waals surface area contributed by atoms with Crippen molar-refractivity contribution in [2.75, 3.05) is 9.80 Å². The second-order valence-electron chi connectivity index (χ2n) is 8.02. The van der Waals surface area contributed by atoms with Gasteiger partial charge >= 0.3 is 0 Å². The van der Waals surface area contributed by atoms with Crippen LogP contribution in [0.25, 0.3) is 0 Å². The Hall–Kier alpha value is -4.49. The van der Waals surface area contributed by atoms with Gasteiger partial charge in [0.15, 0.2) is 0 Å². The summed E-state index contributed by atoms with van der Waals surface area (Å²) in [5.41, 5.74) is 2.19. The fraction of sp³-hybridized carbons (Fsp3) is 0. The molecule has 7 heteroatoms. The lowest BCUT2D eigenvalue weighted by molar-refractivity contribution is 0.0909. The molecule has 2 aliphatic rings. The molecule has 4 amide bonds. The molecule has 6 rings (SSSR count). The summed E-state index contributed by atoms with van der Waals surface area (Å²) in [6.07, 6.45) is 0. The van der Waals surface area contributed by atoms with Gasteiger partial charge in [0.25, 0.3) is 23.6 Å². The fourth-order valence-corrected chi connectivity index (χ4v) is 5.55. The molecule has 0 aromatic heterocycles. The van der Waals surface area contributed by atoms with Crippen molar-refractivity contribution in [3.05, 3.63) is 119 Å². The molecule has 0 atom stereocenters. The monoisotopic (exact) mass is 476 g/mol. The van der Waals surface area contributed by atoms with Gasteiger partial charge in [0.05, 0.1) is 33.6 Å². The van der Waals surface area contributed by atoms with Crippen molar-refractivity contribution in [1.82, 2.24) is 0 Å². The van der Waals surface area contributed by atoms with Crippen LogP contribution < -0.4 is 9.80 Å². The van der Waals surface area contributed by atoms with Crippen molar-refractivity contribution in [2.45, 2.75) is 9.79 Å². The normalized spacial score (nSPS) is 14.5. The van der Waals surface area contributed by atoms with Crippen LogP contribution in [-0.2, 0) is 0 Å². The van der Waals surface area contributed by atoms with Gasteiger partial charge in [-0.05, 0) is 48.5 Å². The largest absolute Gasteiger partial charge is 0.268 e. The number of rotatable bonds is 4. The number of para-hydroxylation sites is 2. The van der Waals surface area contributed by atoms with Gasteiger partial charge in [0.2, 0.25) is 0 Å². The van der Waals surface area contributed by atoms with Crippen LogP contribution in [-0.4, -0.2) is 23.6 Å². The van der Waals surface area contributed by atoms with Gasteiger partial charge in [-0.3, -0.25) is 19.2 Å². The molecule has 0 radical (unpaired) electrons. The molecule has 35 heavy (non-hydrogen) atoms. The average molecular weight is 477 g/mol. The Morgan fingerprint density at radius 1 is 0.429 bits per heavy atom. The highest BCUT2D eigenvalue weighted by molar-refractivity contribution is 7.99. The molecular formula is C28H16N2O4S. The Balaban J connectivity index is 1.40. The number of anilines is 2.